The molecule has 3 nitrogen and oxygen atoms in total. The van der Waals surface area contributed by atoms with Crippen LogP contribution in [0.15, 0.2) is 18.2 Å². The molecule has 0 saturated heterocycles. The van der Waals surface area contributed by atoms with Gasteiger partial charge < -0.3 is 5.32 Å². The molecule has 102 valence electrons. The molecule has 0 aliphatic rings. The second kappa shape index (κ2) is 5.98. The van der Waals surface area contributed by atoms with E-state index in [1.807, 2.05) is 6.92 Å². The zero-order valence-electron chi connectivity index (χ0n) is 9.70. The molecule has 8 heteroatoms. The Balaban J connectivity index is 2.11. The minimum Gasteiger partial charge on any atom is -0.354 e. The van der Waals surface area contributed by atoms with E-state index in [9.17, 15) is 8.78 Å². The van der Waals surface area contributed by atoms with E-state index in [4.69, 9.17) is 23.2 Å². The number of rotatable bonds is 4. The maximum Gasteiger partial charge on any atom is 0.291 e. The molecule has 0 fully saturated rings. The molecule has 1 aromatic carbocycles. The average molecular weight is 324 g/mol. The maximum atomic E-state index is 12.4. The van der Waals surface area contributed by atoms with E-state index < -0.39 is 6.43 Å². The zero-order valence-corrected chi connectivity index (χ0v) is 12.0. The Bertz CT molecular complexity index is 577. The Labute approximate surface area is 122 Å². The summed E-state index contributed by atoms with van der Waals surface area (Å²) in [4.78, 5) is 0. The van der Waals surface area contributed by atoms with Gasteiger partial charge >= 0.3 is 0 Å². The number of hydrogen-bond donors (Lipinski definition) is 1. The number of aromatic nitrogens is 2. The lowest BCUT2D eigenvalue weighted by molar-refractivity contribution is 0.150. The summed E-state index contributed by atoms with van der Waals surface area (Å²) in [6.45, 7) is 1.86. The fraction of sp³-hybridized carbons (Fsp3) is 0.273. The standard InChI is InChI=1S/C11H9Cl2F2N3S/c1-5(6-2-3-7(12)8(13)4-6)16-11-18-17-10(19-11)9(14)15/h2-5,9H,1H3,(H,16,18)/t5-/m0/s1. The third-order valence-electron chi connectivity index (χ3n) is 2.41. The number of hydrogen-bond acceptors (Lipinski definition) is 4. The molecular formula is C11H9Cl2F2N3S. The fourth-order valence-electron chi connectivity index (χ4n) is 1.43. The third-order valence-corrected chi connectivity index (χ3v) is 4.01. The fourth-order valence-corrected chi connectivity index (χ4v) is 2.42. The van der Waals surface area contributed by atoms with Gasteiger partial charge in [0.25, 0.3) is 6.43 Å². The van der Waals surface area contributed by atoms with Gasteiger partial charge in [-0.2, -0.15) is 0 Å². The van der Waals surface area contributed by atoms with Crippen molar-refractivity contribution < 1.29 is 8.78 Å². The van der Waals surface area contributed by atoms with E-state index in [1.165, 1.54) is 0 Å². The number of nitrogens with zero attached hydrogens (tertiary/aromatic N) is 2. The first kappa shape index (κ1) is 14.4. The monoisotopic (exact) mass is 323 g/mol. The SMILES string of the molecule is C[C@H](Nc1nnc(C(F)F)s1)c1ccc(Cl)c(Cl)c1. The summed E-state index contributed by atoms with van der Waals surface area (Å²) in [6.07, 6.45) is -2.60. The predicted octanol–water partition coefficient (Wildman–Crippen LogP) is 4.96. The lowest BCUT2D eigenvalue weighted by Crippen LogP contribution is -2.06. The first-order chi connectivity index (χ1) is 8.97. The van der Waals surface area contributed by atoms with Crippen molar-refractivity contribution in [3.8, 4) is 0 Å². The number of benzene rings is 1. The molecule has 0 unspecified atom stereocenters. The minimum atomic E-state index is -2.60. The molecule has 0 radical (unpaired) electrons. The van der Waals surface area contributed by atoms with Crippen molar-refractivity contribution in [2.45, 2.75) is 19.4 Å². The van der Waals surface area contributed by atoms with Crippen LogP contribution >= 0.6 is 34.5 Å². The Morgan fingerprint density at radius 1 is 1.21 bits per heavy atom. The highest BCUT2D eigenvalue weighted by Crippen LogP contribution is 2.30. The highest BCUT2D eigenvalue weighted by molar-refractivity contribution is 7.15. The minimum absolute atomic E-state index is 0.145. The molecule has 0 amide bonds. The van der Waals surface area contributed by atoms with Crippen LogP contribution in [-0.4, -0.2) is 10.2 Å². The summed E-state index contributed by atoms with van der Waals surface area (Å²) in [7, 11) is 0. The van der Waals surface area contributed by atoms with E-state index in [-0.39, 0.29) is 11.0 Å². The van der Waals surface area contributed by atoms with Gasteiger partial charge in [-0.25, -0.2) is 8.78 Å². The summed E-state index contributed by atoms with van der Waals surface area (Å²) in [5, 5.41) is 11.0. The van der Waals surface area contributed by atoms with Crippen molar-refractivity contribution in [1.29, 1.82) is 0 Å². The van der Waals surface area contributed by atoms with Crippen molar-refractivity contribution >= 4 is 39.7 Å². The van der Waals surface area contributed by atoms with Gasteiger partial charge in [0.05, 0.1) is 16.1 Å². The van der Waals surface area contributed by atoms with Gasteiger partial charge in [-0.15, -0.1) is 10.2 Å². The van der Waals surface area contributed by atoms with Crippen LogP contribution < -0.4 is 5.32 Å². The molecular weight excluding hydrogens is 315 g/mol. The van der Waals surface area contributed by atoms with Crippen LogP contribution in [0.25, 0.3) is 0 Å². The van der Waals surface area contributed by atoms with Crippen molar-refractivity contribution in [3.05, 3.63) is 38.8 Å². The molecule has 1 atom stereocenters. The Morgan fingerprint density at radius 2 is 1.95 bits per heavy atom. The first-order valence-electron chi connectivity index (χ1n) is 5.30. The molecule has 0 saturated carbocycles. The van der Waals surface area contributed by atoms with Gasteiger partial charge in [-0.3, -0.25) is 0 Å². The van der Waals surface area contributed by atoms with Crippen LogP contribution in [0.5, 0.6) is 0 Å². The normalized spacial score (nSPS) is 12.7. The van der Waals surface area contributed by atoms with Crippen LogP contribution in [0.1, 0.15) is 30.0 Å². The van der Waals surface area contributed by atoms with Gasteiger partial charge in [-0.05, 0) is 24.6 Å². The second-order valence-electron chi connectivity index (χ2n) is 3.79. The molecule has 1 aromatic heterocycles. The molecule has 0 spiro atoms. The van der Waals surface area contributed by atoms with Crippen LogP contribution in [0.4, 0.5) is 13.9 Å². The van der Waals surface area contributed by atoms with E-state index in [2.05, 4.69) is 15.5 Å². The topological polar surface area (TPSA) is 37.8 Å². The molecule has 2 rings (SSSR count). The molecule has 0 aliphatic heterocycles. The summed E-state index contributed by atoms with van der Waals surface area (Å²) < 4.78 is 24.8. The van der Waals surface area contributed by atoms with Gasteiger partial charge in [0.1, 0.15) is 0 Å². The van der Waals surface area contributed by atoms with Gasteiger partial charge in [-0.1, -0.05) is 40.6 Å². The van der Waals surface area contributed by atoms with Crippen LogP contribution in [0.2, 0.25) is 10.0 Å². The van der Waals surface area contributed by atoms with Gasteiger partial charge in [0.2, 0.25) is 5.13 Å². The van der Waals surface area contributed by atoms with E-state index in [0.29, 0.717) is 15.2 Å². The predicted molar refractivity (Wildman–Crippen MR) is 73.4 cm³/mol. The largest absolute Gasteiger partial charge is 0.354 e. The van der Waals surface area contributed by atoms with Gasteiger partial charge in [0.15, 0.2) is 5.01 Å². The molecule has 1 N–H and O–H groups in total. The smallest absolute Gasteiger partial charge is 0.291 e. The number of nitrogens with one attached hydrogen (secondary N) is 1. The molecule has 19 heavy (non-hydrogen) atoms. The average Bonchev–Trinajstić information content (AvgIpc) is 2.81. The van der Waals surface area contributed by atoms with Crippen LogP contribution in [-0.2, 0) is 0 Å². The highest BCUT2D eigenvalue weighted by atomic mass is 35.5. The Morgan fingerprint density at radius 3 is 2.53 bits per heavy atom. The maximum absolute atomic E-state index is 12.4. The second-order valence-corrected chi connectivity index (χ2v) is 5.61. The number of alkyl halides is 2. The highest BCUT2D eigenvalue weighted by Gasteiger charge is 2.15. The summed E-state index contributed by atoms with van der Waals surface area (Å²) in [5.41, 5.74) is 0.878. The summed E-state index contributed by atoms with van der Waals surface area (Å²) in [6, 6.07) is 5.06. The number of halogens is 4. The van der Waals surface area contributed by atoms with Crippen molar-refractivity contribution in [2.75, 3.05) is 5.32 Å². The van der Waals surface area contributed by atoms with Crippen molar-refractivity contribution in [1.82, 2.24) is 10.2 Å². The Kier molecular flexibility index (Phi) is 4.54. The van der Waals surface area contributed by atoms with E-state index in [1.54, 1.807) is 18.2 Å². The first-order valence-corrected chi connectivity index (χ1v) is 6.87. The van der Waals surface area contributed by atoms with Crippen LogP contribution in [0.3, 0.4) is 0 Å². The molecule has 0 bridgehead atoms. The molecule has 0 aliphatic carbocycles. The van der Waals surface area contributed by atoms with E-state index in [0.717, 1.165) is 16.9 Å². The lowest BCUT2D eigenvalue weighted by Gasteiger charge is -2.13. The quantitative estimate of drug-likeness (QED) is 0.864. The lowest BCUT2D eigenvalue weighted by atomic mass is 10.1. The molecule has 2 aromatic rings. The van der Waals surface area contributed by atoms with E-state index >= 15 is 0 Å². The summed E-state index contributed by atoms with van der Waals surface area (Å²) >= 11 is 12.6. The Hall–Kier alpha value is -0.980. The molecule has 1 heterocycles. The number of anilines is 1. The third kappa shape index (κ3) is 3.52. The summed E-state index contributed by atoms with van der Waals surface area (Å²) in [5.74, 6) is 0. The zero-order chi connectivity index (χ0) is 14.0. The van der Waals surface area contributed by atoms with Gasteiger partial charge in [0, 0.05) is 0 Å². The van der Waals surface area contributed by atoms with Crippen molar-refractivity contribution in [2.24, 2.45) is 0 Å². The van der Waals surface area contributed by atoms with Crippen molar-refractivity contribution in [3.63, 3.8) is 0 Å². The van der Waals surface area contributed by atoms with Crippen LogP contribution in [0, 0.1) is 0 Å².